The number of hydrogen-bond donors (Lipinski definition) is 2. The van der Waals surface area contributed by atoms with Crippen LogP contribution >= 0.6 is 0 Å². The summed E-state index contributed by atoms with van der Waals surface area (Å²) < 4.78 is 32.3. The lowest BCUT2D eigenvalue weighted by molar-refractivity contribution is -0.296. The maximum atomic E-state index is 14.4. The molecule has 1 aromatic carbocycles. The quantitative estimate of drug-likeness (QED) is 0.243. The Morgan fingerprint density at radius 2 is 1.70 bits per heavy atom. The first kappa shape index (κ1) is 43.6. The molecule has 4 rings (SSSR count). The van der Waals surface area contributed by atoms with Crippen molar-refractivity contribution in [3.63, 3.8) is 0 Å². The third-order valence-corrected chi connectivity index (χ3v) is 11.1. The van der Waals surface area contributed by atoms with Gasteiger partial charge in [-0.3, -0.25) is 14.4 Å². The number of cyclic esters (lactones) is 1. The highest BCUT2D eigenvalue weighted by Gasteiger charge is 2.53. The van der Waals surface area contributed by atoms with E-state index in [0.717, 1.165) is 0 Å². The first-order valence-electron chi connectivity index (χ1n) is 19.0. The lowest BCUT2D eigenvalue weighted by Crippen LogP contribution is -2.60. The number of carbonyl (C=O) groups is 3. The van der Waals surface area contributed by atoms with Gasteiger partial charge in [0, 0.05) is 30.5 Å². The van der Waals surface area contributed by atoms with Crippen molar-refractivity contribution in [1.29, 1.82) is 0 Å². The number of amides is 1. The van der Waals surface area contributed by atoms with Crippen LogP contribution in [0.15, 0.2) is 40.5 Å². The molecule has 3 saturated heterocycles. The highest BCUT2D eigenvalue weighted by Crippen LogP contribution is 2.40. The number of nitrogens with zero attached hydrogens (tertiary/aromatic N) is 3. The van der Waals surface area contributed by atoms with Crippen LogP contribution in [-0.2, 0) is 38.1 Å². The van der Waals surface area contributed by atoms with Crippen molar-refractivity contribution in [1.82, 2.24) is 4.90 Å². The van der Waals surface area contributed by atoms with Crippen molar-refractivity contribution in [2.24, 2.45) is 33.8 Å². The maximum Gasteiger partial charge on any atom is 0.316 e. The lowest BCUT2D eigenvalue weighted by Gasteiger charge is -2.47. The SMILES string of the molecule is CC[C@H]1OC(=O)[C@H](C)C(=O)[C@H](C)[C@@H](O[C@@H]2O[C@H](C)C[C@H](N(C)C)[C@H]2O)[C@@]2(C)C[C@@H](C)C(=NC(C)=O)[C@H](C)[C@H](OC/C(=N\Oc3ccccc3)CO2)[C@]1(C)O. The van der Waals surface area contributed by atoms with E-state index in [9.17, 15) is 24.6 Å². The third kappa shape index (κ3) is 10.00. The van der Waals surface area contributed by atoms with Gasteiger partial charge in [-0.25, -0.2) is 4.99 Å². The Hall–Kier alpha value is -3.11. The minimum atomic E-state index is -1.83. The van der Waals surface area contributed by atoms with Gasteiger partial charge in [-0.2, -0.15) is 0 Å². The second-order valence-corrected chi connectivity index (χ2v) is 15.9. The van der Waals surface area contributed by atoms with Crippen molar-refractivity contribution in [2.45, 2.75) is 136 Å². The molecule has 3 aliphatic rings. The topological polar surface area (TPSA) is 175 Å². The summed E-state index contributed by atoms with van der Waals surface area (Å²) in [6.45, 7) is 14.8. The van der Waals surface area contributed by atoms with E-state index < -0.39 is 83.2 Å². The molecule has 0 radical (unpaired) electrons. The number of esters is 1. The molecule has 302 valence electrons. The molecule has 1 amide bonds. The molecule has 0 aromatic heterocycles. The Bertz CT molecular complexity index is 1520. The average molecular weight is 760 g/mol. The summed E-state index contributed by atoms with van der Waals surface area (Å²) in [5, 5.41) is 28.3. The average Bonchev–Trinajstić information content (AvgIpc) is 3.13. The Labute approximate surface area is 319 Å². The van der Waals surface area contributed by atoms with Gasteiger partial charge in [0.25, 0.3) is 0 Å². The summed E-state index contributed by atoms with van der Waals surface area (Å²) in [6, 6.07) is 8.64. The molecule has 54 heavy (non-hydrogen) atoms. The number of ketones is 1. The van der Waals surface area contributed by atoms with Gasteiger partial charge >= 0.3 is 5.97 Å². The van der Waals surface area contributed by atoms with E-state index in [-0.39, 0.29) is 38.2 Å². The molecule has 3 heterocycles. The Kier molecular flexibility index (Phi) is 14.7. The number of aliphatic hydroxyl groups is 2. The van der Waals surface area contributed by atoms with Gasteiger partial charge in [-0.05, 0) is 79.1 Å². The number of fused-ring (bicyclic) bond motifs is 5. The molecular weight excluding hydrogens is 698 g/mol. The number of aliphatic hydroxyl groups excluding tert-OH is 1. The van der Waals surface area contributed by atoms with Gasteiger partial charge in [-0.1, -0.05) is 51.0 Å². The Morgan fingerprint density at radius 1 is 1.04 bits per heavy atom. The number of benzene rings is 1. The van der Waals surface area contributed by atoms with Crippen molar-refractivity contribution < 1.29 is 53.1 Å². The number of carbonyl (C=O) groups excluding carboxylic acids is 3. The van der Waals surface area contributed by atoms with E-state index in [1.807, 2.05) is 58.0 Å². The molecular formula is C40H61N3O11. The molecule has 2 bridgehead atoms. The van der Waals surface area contributed by atoms with Crippen molar-refractivity contribution in [3.05, 3.63) is 30.3 Å². The van der Waals surface area contributed by atoms with Crippen LogP contribution in [-0.4, -0.2) is 126 Å². The third-order valence-electron chi connectivity index (χ3n) is 11.1. The van der Waals surface area contributed by atoms with Gasteiger partial charge in [0.2, 0.25) is 5.91 Å². The van der Waals surface area contributed by atoms with Gasteiger partial charge in [0.1, 0.15) is 29.4 Å². The predicted octanol–water partition coefficient (Wildman–Crippen LogP) is 3.98. The molecule has 13 atom stereocenters. The van der Waals surface area contributed by atoms with E-state index in [1.54, 1.807) is 32.9 Å². The van der Waals surface area contributed by atoms with Crippen LogP contribution in [0.25, 0.3) is 0 Å². The van der Waals surface area contributed by atoms with E-state index in [2.05, 4.69) is 10.1 Å². The molecule has 3 aliphatic heterocycles. The van der Waals surface area contributed by atoms with Gasteiger partial charge in [0.15, 0.2) is 17.8 Å². The highest BCUT2D eigenvalue weighted by molar-refractivity contribution is 6.00. The number of rotatable bonds is 6. The molecule has 0 aliphatic carbocycles. The number of hydrogen-bond acceptors (Lipinski definition) is 13. The van der Waals surface area contributed by atoms with E-state index >= 15 is 0 Å². The van der Waals surface area contributed by atoms with Crippen LogP contribution in [0.2, 0.25) is 0 Å². The van der Waals surface area contributed by atoms with Crippen LogP contribution in [0.4, 0.5) is 0 Å². The summed E-state index contributed by atoms with van der Waals surface area (Å²) in [7, 11) is 3.73. The lowest BCUT2D eigenvalue weighted by atomic mass is 9.73. The number of Topliss-reactive ketones (excluding diaryl/α,β-unsaturated/α-hetero) is 1. The summed E-state index contributed by atoms with van der Waals surface area (Å²) >= 11 is 0. The zero-order valence-corrected chi connectivity index (χ0v) is 33.7. The first-order chi connectivity index (χ1) is 25.3. The maximum absolute atomic E-state index is 14.4. The Balaban J connectivity index is 1.97. The summed E-state index contributed by atoms with van der Waals surface area (Å²) in [6.07, 6.45) is -4.98. The Morgan fingerprint density at radius 3 is 2.31 bits per heavy atom. The highest BCUT2D eigenvalue weighted by atomic mass is 16.7. The molecule has 1 aromatic rings. The summed E-state index contributed by atoms with van der Waals surface area (Å²) in [4.78, 5) is 53.1. The number of ether oxygens (including phenoxy) is 5. The minimum Gasteiger partial charge on any atom is -0.459 e. The summed E-state index contributed by atoms with van der Waals surface area (Å²) in [5.74, 6) is -4.76. The van der Waals surface area contributed by atoms with Gasteiger partial charge in [0.05, 0.1) is 37.1 Å². The van der Waals surface area contributed by atoms with Gasteiger partial charge < -0.3 is 43.6 Å². The number of likely N-dealkylation sites (N-methyl/N-ethyl adjacent to an activating group) is 1. The van der Waals surface area contributed by atoms with Crippen molar-refractivity contribution in [2.75, 3.05) is 27.3 Å². The molecule has 0 spiro atoms. The largest absolute Gasteiger partial charge is 0.459 e. The standard InChI is InChI=1S/C40H61N3O11/c1-12-31-40(9,48)36-24(4)32(41-27(7)44)22(2)19-39(8,50-21-28(20-49-36)42-54-29-16-14-13-15-17-29)35(25(5)33(45)26(6)37(47)52-31)53-38-34(46)30(43(10)11)18-23(3)51-38/h13-17,22-26,30-31,34-36,38,46,48H,12,18-21H2,1-11H3/b41-32?,42-28+/t22-,23-,24+,25+,26-,30+,31-,34-,35-,36+,38+,39-,40-/m1/s1. The van der Waals surface area contributed by atoms with Crippen LogP contribution in [0, 0.1) is 23.7 Å². The van der Waals surface area contributed by atoms with Crippen LogP contribution < -0.4 is 4.84 Å². The number of para-hydroxylation sites is 1. The zero-order valence-electron chi connectivity index (χ0n) is 33.7. The normalized spacial score (nSPS) is 40.4. The fourth-order valence-electron chi connectivity index (χ4n) is 8.20. The van der Waals surface area contributed by atoms with Crippen LogP contribution in [0.5, 0.6) is 5.75 Å². The molecule has 2 N–H and O–H groups in total. The summed E-state index contributed by atoms with van der Waals surface area (Å²) in [5.41, 5.74) is -2.48. The fourth-order valence-corrected chi connectivity index (χ4v) is 8.20. The first-order valence-corrected chi connectivity index (χ1v) is 19.0. The second-order valence-electron chi connectivity index (χ2n) is 15.9. The van der Waals surface area contributed by atoms with Crippen LogP contribution in [0.3, 0.4) is 0 Å². The monoisotopic (exact) mass is 759 g/mol. The van der Waals surface area contributed by atoms with Crippen LogP contribution in [0.1, 0.15) is 81.6 Å². The molecule has 0 unspecified atom stereocenters. The predicted molar refractivity (Wildman–Crippen MR) is 201 cm³/mol. The molecule has 14 heteroatoms. The van der Waals surface area contributed by atoms with E-state index in [0.29, 0.717) is 23.6 Å². The van der Waals surface area contributed by atoms with Crippen molar-refractivity contribution >= 4 is 29.1 Å². The smallest absolute Gasteiger partial charge is 0.316 e. The minimum absolute atomic E-state index is 0.152. The zero-order chi connectivity index (χ0) is 40.1. The second kappa shape index (κ2) is 18.2. The van der Waals surface area contributed by atoms with E-state index in [4.69, 9.17) is 28.5 Å². The number of oxime groups is 1. The molecule has 14 nitrogen and oxygen atoms in total. The van der Waals surface area contributed by atoms with E-state index in [1.165, 1.54) is 20.8 Å². The number of aliphatic imine (C=N–C) groups is 1. The fraction of sp³-hybridized carbons (Fsp3) is 0.725. The molecule has 3 fully saturated rings. The van der Waals surface area contributed by atoms with Gasteiger partial charge in [-0.15, -0.1) is 0 Å². The molecule has 0 saturated carbocycles. The van der Waals surface area contributed by atoms with Crippen molar-refractivity contribution in [3.8, 4) is 5.75 Å².